The van der Waals surface area contributed by atoms with Crippen LogP contribution in [-0.2, 0) is 9.53 Å². The molecule has 0 aromatic heterocycles. The summed E-state index contributed by atoms with van der Waals surface area (Å²) in [6.45, 7) is 2.71. The number of rotatable bonds is 6. The molecular formula is C14H16BrN3O2. The second-order valence-corrected chi connectivity index (χ2v) is 4.94. The second kappa shape index (κ2) is 8.35. The number of anilines is 1. The third kappa shape index (κ3) is 5.03. The Bertz CT molecular complexity index is 550. The number of nitrogens with zero attached hydrogens (tertiary/aromatic N) is 1. The van der Waals surface area contributed by atoms with Crippen molar-refractivity contribution in [3.63, 3.8) is 0 Å². The maximum atomic E-state index is 11.7. The van der Waals surface area contributed by atoms with E-state index in [1.54, 1.807) is 7.11 Å². The number of hydrogen-bond acceptors (Lipinski definition) is 4. The molecule has 1 aromatic rings. The van der Waals surface area contributed by atoms with Crippen molar-refractivity contribution in [1.29, 1.82) is 5.26 Å². The van der Waals surface area contributed by atoms with E-state index >= 15 is 0 Å². The monoisotopic (exact) mass is 337 g/mol. The molecule has 0 radical (unpaired) electrons. The molecular weight excluding hydrogens is 322 g/mol. The highest BCUT2D eigenvalue weighted by Gasteiger charge is 2.08. The topological polar surface area (TPSA) is 74.1 Å². The van der Waals surface area contributed by atoms with E-state index in [9.17, 15) is 4.79 Å². The zero-order chi connectivity index (χ0) is 15.0. The number of amides is 1. The molecule has 1 amide bonds. The predicted octanol–water partition coefficient (Wildman–Crippen LogP) is 2.34. The van der Waals surface area contributed by atoms with Crippen molar-refractivity contribution in [3.05, 3.63) is 40.0 Å². The molecule has 0 heterocycles. The fourth-order valence-corrected chi connectivity index (χ4v) is 1.92. The second-order valence-electron chi connectivity index (χ2n) is 4.02. The van der Waals surface area contributed by atoms with Crippen LogP contribution in [0.2, 0.25) is 0 Å². The van der Waals surface area contributed by atoms with E-state index in [2.05, 4.69) is 26.6 Å². The fraction of sp³-hybridized carbons (Fsp3) is 0.286. The first-order valence-electron chi connectivity index (χ1n) is 5.98. The number of hydrogen-bond donors (Lipinski definition) is 2. The van der Waals surface area contributed by atoms with Gasteiger partial charge in [0.2, 0.25) is 0 Å². The maximum absolute atomic E-state index is 11.7. The van der Waals surface area contributed by atoms with Crippen molar-refractivity contribution >= 4 is 27.5 Å². The summed E-state index contributed by atoms with van der Waals surface area (Å²) in [7, 11) is 1.55. The third-order valence-electron chi connectivity index (χ3n) is 2.52. The summed E-state index contributed by atoms with van der Waals surface area (Å²) in [6.07, 6.45) is 1.40. The summed E-state index contributed by atoms with van der Waals surface area (Å²) in [5.41, 5.74) is 1.86. The number of halogens is 1. The maximum Gasteiger partial charge on any atom is 0.263 e. The van der Waals surface area contributed by atoms with E-state index in [0.717, 1.165) is 15.7 Å². The Morgan fingerprint density at radius 3 is 2.90 bits per heavy atom. The number of carbonyl (C=O) groups excluding carboxylic acids is 1. The number of benzene rings is 1. The van der Waals surface area contributed by atoms with Crippen LogP contribution < -0.4 is 10.6 Å². The number of methoxy groups -OCH3 is 1. The third-order valence-corrected chi connectivity index (χ3v) is 3.01. The molecule has 6 heteroatoms. The van der Waals surface area contributed by atoms with Crippen molar-refractivity contribution < 1.29 is 9.53 Å². The summed E-state index contributed by atoms with van der Waals surface area (Å²) < 4.78 is 5.80. The molecule has 20 heavy (non-hydrogen) atoms. The summed E-state index contributed by atoms with van der Waals surface area (Å²) >= 11 is 3.38. The molecule has 0 unspecified atom stereocenters. The summed E-state index contributed by atoms with van der Waals surface area (Å²) in [6, 6.07) is 7.56. The normalized spacial score (nSPS) is 10.8. The Morgan fingerprint density at radius 1 is 1.55 bits per heavy atom. The van der Waals surface area contributed by atoms with Gasteiger partial charge in [0, 0.05) is 30.0 Å². The first kappa shape index (κ1) is 16.2. The van der Waals surface area contributed by atoms with E-state index in [1.807, 2.05) is 31.2 Å². The van der Waals surface area contributed by atoms with Gasteiger partial charge in [-0.15, -0.1) is 0 Å². The summed E-state index contributed by atoms with van der Waals surface area (Å²) in [4.78, 5) is 11.7. The number of ether oxygens (including phenoxy) is 1. The van der Waals surface area contributed by atoms with Crippen molar-refractivity contribution in [3.8, 4) is 6.07 Å². The Kier molecular flexibility index (Phi) is 6.77. The Balaban J connectivity index is 2.70. The van der Waals surface area contributed by atoms with Crippen molar-refractivity contribution in [1.82, 2.24) is 5.32 Å². The lowest BCUT2D eigenvalue weighted by Gasteiger charge is -2.07. The molecule has 106 valence electrons. The van der Waals surface area contributed by atoms with E-state index < -0.39 is 5.91 Å². The van der Waals surface area contributed by atoms with Crippen LogP contribution in [0.1, 0.15) is 5.56 Å². The lowest BCUT2D eigenvalue weighted by molar-refractivity contribution is -0.117. The first-order valence-corrected chi connectivity index (χ1v) is 6.78. The lowest BCUT2D eigenvalue weighted by atomic mass is 10.2. The predicted molar refractivity (Wildman–Crippen MR) is 81.1 cm³/mol. The largest absolute Gasteiger partial charge is 0.383 e. The first-order chi connectivity index (χ1) is 9.58. The highest BCUT2D eigenvalue weighted by molar-refractivity contribution is 9.10. The van der Waals surface area contributed by atoms with Gasteiger partial charge < -0.3 is 15.4 Å². The Hall–Kier alpha value is -1.84. The minimum absolute atomic E-state index is 0.0171. The molecule has 1 rings (SSSR count). The van der Waals surface area contributed by atoms with Crippen LogP contribution in [0.5, 0.6) is 0 Å². The average molecular weight is 338 g/mol. The summed E-state index contributed by atoms with van der Waals surface area (Å²) in [5.74, 6) is -0.424. The standard InChI is InChI=1S/C14H16BrN3O2/c1-10-7-12(15)3-4-13(10)18-9-11(8-16)14(19)17-5-6-20-2/h3-4,7,9,18H,5-6H2,1-2H3,(H,17,19)/b11-9-. The number of nitrogens with one attached hydrogen (secondary N) is 2. The van der Waals surface area contributed by atoms with Crippen LogP contribution in [0.4, 0.5) is 5.69 Å². The molecule has 0 saturated heterocycles. The van der Waals surface area contributed by atoms with Crippen molar-refractivity contribution in [2.75, 3.05) is 25.6 Å². The van der Waals surface area contributed by atoms with Crippen LogP contribution in [-0.4, -0.2) is 26.2 Å². The van der Waals surface area contributed by atoms with Gasteiger partial charge in [-0.3, -0.25) is 4.79 Å². The van der Waals surface area contributed by atoms with E-state index in [-0.39, 0.29) is 5.57 Å². The van der Waals surface area contributed by atoms with Crippen LogP contribution in [0.15, 0.2) is 34.4 Å². The average Bonchev–Trinajstić information content (AvgIpc) is 2.42. The van der Waals surface area contributed by atoms with Crippen molar-refractivity contribution in [2.45, 2.75) is 6.92 Å². The molecule has 2 N–H and O–H groups in total. The molecule has 0 aliphatic rings. The minimum atomic E-state index is -0.424. The highest BCUT2D eigenvalue weighted by Crippen LogP contribution is 2.20. The lowest BCUT2D eigenvalue weighted by Crippen LogP contribution is -2.28. The van der Waals surface area contributed by atoms with Gasteiger partial charge in [0.15, 0.2) is 0 Å². The van der Waals surface area contributed by atoms with Gasteiger partial charge in [0.25, 0.3) is 5.91 Å². The van der Waals surface area contributed by atoms with Gasteiger partial charge in [-0.05, 0) is 30.7 Å². The molecule has 0 saturated carbocycles. The van der Waals surface area contributed by atoms with Gasteiger partial charge >= 0.3 is 0 Å². The highest BCUT2D eigenvalue weighted by atomic mass is 79.9. The van der Waals surface area contributed by atoms with Gasteiger partial charge in [-0.1, -0.05) is 15.9 Å². The number of aryl methyl sites for hydroxylation is 1. The smallest absolute Gasteiger partial charge is 0.263 e. The van der Waals surface area contributed by atoms with Gasteiger partial charge in [-0.2, -0.15) is 5.26 Å². The molecule has 5 nitrogen and oxygen atoms in total. The SMILES string of the molecule is COCCNC(=O)/C(C#N)=C\Nc1ccc(Br)cc1C. The fourth-order valence-electron chi connectivity index (χ4n) is 1.45. The molecule has 0 fully saturated rings. The van der Waals surface area contributed by atoms with E-state index in [4.69, 9.17) is 10.00 Å². The van der Waals surface area contributed by atoms with Gasteiger partial charge in [0.1, 0.15) is 11.6 Å². The van der Waals surface area contributed by atoms with Crippen LogP contribution in [0.3, 0.4) is 0 Å². The van der Waals surface area contributed by atoms with Gasteiger partial charge in [-0.25, -0.2) is 0 Å². The quantitative estimate of drug-likeness (QED) is 0.474. The molecule has 0 atom stereocenters. The number of nitriles is 1. The summed E-state index contributed by atoms with van der Waals surface area (Å²) in [5, 5.41) is 14.5. The van der Waals surface area contributed by atoms with E-state index in [0.29, 0.717) is 13.2 Å². The number of carbonyl (C=O) groups is 1. The zero-order valence-corrected chi connectivity index (χ0v) is 13.0. The van der Waals surface area contributed by atoms with Crippen LogP contribution >= 0.6 is 15.9 Å². The molecule has 0 aliphatic carbocycles. The molecule has 0 aliphatic heterocycles. The minimum Gasteiger partial charge on any atom is -0.383 e. The molecule has 0 bridgehead atoms. The van der Waals surface area contributed by atoms with E-state index in [1.165, 1.54) is 6.20 Å². The van der Waals surface area contributed by atoms with Crippen LogP contribution in [0, 0.1) is 18.3 Å². The van der Waals surface area contributed by atoms with Gasteiger partial charge in [0.05, 0.1) is 6.61 Å². The molecule has 1 aromatic carbocycles. The molecule has 0 spiro atoms. The van der Waals surface area contributed by atoms with Crippen LogP contribution in [0.25, 0.3) is 0 Å². The Morgan fingerprint density at radius 2 is 2.30 bits per heavy atom. The van der Waals surface area contributed by atoms with Crippen molar-refractivity contribution in [2.24, 2.45) is 0 Å². The Labute approximate surface area is 126 Å². The zero-order valence-electron chi connectivity index (χ0n) is 11.4.